The third-order valence-corrected chi connectivity index (χ3v) is 3.25. The quantitative estimate of drug-likeness (QED) is 0.862. The van der Waals surface area contributed by atoms with Crippen LogP contribution in [0.15, 0.2) is 42.5 Å². The van der Waals surface area contributed by atoms with E-state index in [1.165, 1.54) is 11.0 Å². The monoisotopic (exact) mass is 287 g/mol. The Morgan fingerprint density at radius 2 is 2.00 bits per heavy atom. The molecule has 0 aliphatic carbocycles. The summed E-state index contributed by atoms with van der Waals surface area (Å²) in [4.78, 5) is 13.8. The number of ether oxygens (including phenoxy) is 1. The number of nitrogens with zero attached hydrogens (tertiary/aromatic N) is 1. The van der Waals surface area contributed by atoms with Crippen molar-refractivity contribution in [1.82, 2.24) is 4.90 Å². The van der Waals surface area contributed by atoms with E-state index in [1.807, 2.05) is 31.2 Å². The van der Waals surface area contributed by atoms with E-state index in [2.05, 4.69) is 0 Å². The van der Waals surface area contributed by atoms with E-state index in [4.69, 9.17) is 4.74 Å². The van der Waals surface area contributed by atoms with Crippen LogP contribution in [0.5, 0.6) is 5.75 Å². The molecule has 0 unspecified atom stereocenters. The third kappa shape index (κ3) is 3.60. The highest BCUT2D eigenvalue weighted by Gasteiger charge is 2.16. The summed E-state index contributed by atoms with van der Waals surface area (Å²) in [6, 6.07) is 12.0. The first-order valence-corrected chi connectivity index (χ1v) is 6.66. The average molecular weight is 287 g/mol. The molecule has 3 nitrogen and oxygen atoms in total. The molecule has 0 saturated carbocycles. The Kier molecular flexibility index (Phi) is 4.58. The number of carbonyl (C=O) groups excluding carboxylic acids is 1. The molecular formula is C17H18FNO2. The summed E-state index contributed by atoms with van der Waals surface area (Å²) in [5.41, 5.74) is 1.88. The lowest BCUT2D eigenvalue weighted by Gasteiger charge is -2.18. The molecule has 0 aliphatic heterocycles. The molecule has 4 heteroatoms. The van der Waals surface area contributed by atoms with E-state index >= 15 is 0 Å². The zero-order chi connectivity index (χ0) is 15.4. The lowest BCUT2D eigenvalue weighted by atomic mass is 10.1. The Hall–Kier alpha value is -2.36. The van der Waals surface area contributed by atoms with Crippen molar-refractivity contribution < 1.29 is 13.9 Å². The van der Waals surface area contributed by atoms with Crippen LogP contribution in [0.4, 0.5) is 4.39 Å². The van der Waals surface area contributed by atoms with Crippen molar-refractivity contribution in [3.05, 3.63) is 65.0 Å². The Morgan fingerprint density at radius 3 is 2.71 bits per heavy atom. The highest BCUT2D eigenvalue weighted by Crippen LogP contribution is 2.16. The average Bonchev–Trinajstić information content (AvgIpc) is 2.49. The van der Waals surface area contributed by atoms with Gasteiger partial charge >= 0.3 is 0 Å². The van der Waals surface area contributed by atoms with Crippen molar-refractivity contribution in [2.45, 2.75) is 13.5 Å². The third-order valence-electron chi connectivity index (χ3n) is 3.25. The lowest BCUT2D eigenvalue weighted by Crippen LogP contribution is -2.27. The Morgan fingerprint density at radius 1 is 1.24 bits per heavy atom. The summed E-state index contributed by atoms with van der Waals surface area (Å²) in [6.45, 7) is 2.22. The number of hydrogen-bond donors (Lipinski definition) is 0. The van der Waals surface area contributed by atoms with Gasteiger partial charge in [0.15, 0.2) is 0 Å². The maximum Gasteiger partial charge on any atom is 0.256 e. The van der Waals surface area contributed by atoms with Crippen molar-refractivity contribution in [1.29, 1.82) is 0 Å². The van der Waals surface area contributed by atoms with E-state index in [0.717, 1.165) is 16.9 Å². The Labute approximate surface area is 124 Å². The zero-order valence-corrected chi connectivity index (χ0v) is 12.4. The Balaban J connectivity index is 2.17. The van der Waals surface area contributed by atoms with Crippen molar-refractivity contribution in [3.63, 3.8) is 0 Å². The summed E-state index contributed by atoms with van der Waals surface area (Å²) >= 11 is 0. The second-order valence-corrected chi connectivity index (χ2v) is 5.00. The van der Waals surface area contributed by atoms with Gasteiger partial charge < -0.3 is 9.64 Å². The highest BCUT2D eigenvalue weighted by molar-refractivity contribution is 5.94. The number of halogens is 1. The van der Waals surface area contributed by atoms with Crippen LogP contribution in [-0.2, 0) is 6.54 Å². The molecule has 0 saturated heterocycles. The van der Waals surface area contributed by atoms with Crippen LogP contribution in [-0.4, -0.2) is 25.0 Å². The van der Waals surface area contributed by atoms with Gasteiger partial charge in [-0.2, -0.15) is 0 Å². The molecule has 110 valence electrons. The fraction of sp³-hybridized carbons (Fsp3) is 0.235. The van der Waals surface area contributed by atoms with Gasteiger partial charge in [-0.3, -0.25) is 4.79 Å². The first kappa shape index (κ1) is 15.0. The molecule has 0 radical (unpaired) electrons. The lowest BCUT2D eigenvalue weighted by molar-refractivity contribution is 0.0780. The van der Waals surface area contributed by atoms with Gasteiger partial charge in [-0.15, -0.1) is 0 Å². The number of carbonyl (C=O) groups is 1. The van der Waals surface area contributed by atoms with Crippen molar-refractivity contribution in [3.8, 4) is 5.75 Å². The van der Waals surface area contributed by atoms with Gasteiger partial charge in [0, 0.05) is 13.6 Å². The van der Waals surface area contributed by atoms with Gasteiger partial charge in [-0.1, -0.05) is 23.8 Å². The molecule has 2 aromatic carbocycles. The fourth-order valence-corrected chi connectivity index (χ4v) is 2.13. The molecule has 2 rings (SSSR count). The van der Waals surface area contributed by atoms with Gasteiger partial charge in [-0.05, 0) is 36.8 Å². The summed E-state index contributed by atoms with van der Waals surface area (Å²) < 4.78 is 18.9. The minimum atomic E-state index is -0.497. The maximum absolute atomic E-state index is 13.8. The second-order valence-electron chi connectivity index (χ2n) is 5.00. The minimum absolute atomic E-state index is 0.0976. The number of hydrogen-bond acceptors (Lipinski definition) is 2. The van der Waals surface area contributed by atoms with E-state index in [-0.39, 0.29) is 11.5 Å². The summed E-state index contributed by atoms with van der Waals surface area (Å²) in [6.07, 6.45) is 0. The predicted molar refractivity (Wildman–Crippen MR) is 79.9 cm³/mol. The normalized spacial score (nSPS) is 10.3. The largest absolute Gasteiger partial charge is 0.497 e. The van der Waals surface area contributed by atoms with Gasteiger partial charge in [0.2, 0.25) is 0 Å². The van der Waals surface area contributed by atoms with Crippen molar-refractivity contribution >= 4 is 5.91 Å². The molecule has 1 amide bonds. The highest BCUT2D eigenvalue weighted by atomic mass is 19.1. The number of rotatable bonds is 4. The first-order valence-electron chi connectivity index (χ1n) is 6.66. The van der Waals surface area contributed by atoms with Crippen molar-refractivity contribution in [2.24, 2.45) is 0 Å². The molecule has 0 N–H and O–H groups in total. The Bertz CT molecular complexity index is 655. The first-order chi connectivity index (χ1) is 10.0. The van der Waals surface area contributed by atoms with Gasteiger partial charge in [0.1, 0.15) is 11.6 Å². The van der Waals surface area contributed by atoms with Crippen LogP contribution in [0, 0.1) is 12.7 Å². The van der Waals surface area contributed by atoms with Crippen LogP contribution in [0.3, 0.4) is 0 Å². The smallest absolute Gasteiger partial charge is 0.256 e. The number of aryl methyl sites for hydroxylation is 1. The maximum atomic E-state index is 13.8. The fourth-order valence-electron chi connectivity index (χ4n) is 2.13. The number of methoxy groups -OCH3 is 1. The SMILES string of the molecule is COc1cccc(CN(C)C(=O)c2cc(C)ccc2F)c1. The van der Waals surface area contributed by atoms with Crippen LogP contribution in [0.1, 0.15) is 21.5 Å². The van der Waals surface area contributed by atoms with Crippen LogP contribution < -0.4 is 4.74 Å². The van der Waals surface area contributed by atoms with E-state index in [0.29, 0.717) is 6.54 Å². The number of amides is 1. The molecular weight excluding hydrogens is 269 g/mol. The molecule has 0 atom stereocenters. The molecule has 2 aromatic rings. The molecule has 0 aromatic heterocycles. The second kappa shape index (κ2) is 6.39. The van der Waals surface area contributed by atoms with Crippen LogP contribution in [0.25, 0.3) is 0 Å². The topological polar surface area (TPSA) is 29.5 Å². The van der Waals surface area contributed by atoms with Crippen LogP contribution >= 0.6 is 0 Å². The summed E-state index contributed by atoms with van der Waals surface area (Å²) in [5, 5.41) is 0. The van der Waals surface area contributed by atoms with E-state index in [1.54, 1.807) is 26.3 Å². The molecule has 21 heavy (non-hydrogen) atoms. The molecule has 0 fully saturated rings. The number of benzene rings is 2. The van der Waals surface area contributed by atoms with Crippen molar-refractivity contribution in [2.75, 3.05) is 14.2 Å². The zero-order valence-electron chi connectivity index (χ0n) is 12.4. The van der Waals surface area contributed by atoms with Gasteiger partial charge in [-0.25, -0.2) is 4.39 Å². The molecule has 0 spiro atoms. The summed E-state index contributed by atoms with van der Waals surface area (Å²) in [7, 11) is 3.25. The molecule has 0 heterocycles. The molecule has 0 bridgehead atoms. The summed E-state index contributed by atoms with van der Waals surface area (Å²) in [5.74, 6) is -0.0998. The predicted octanol–water partition coefficient (Wildman–Crippen LogP) is 3.41. The molecule has 0 aliphatic rings. The van der Waals surface area contributed by atoms with E-state index < -0.39 is 5.82 Å². The van der Waals surface area contributed by atoms with E-state index in [9.17, 15) is 9.18 Å². The van der Waals surface area contributed by atoms with Gasteiger partial charge in [0.05, 0.1) is 12.7 Å². The minimum Gasteiger partial charge on any atom is -0.497 e. The van der Waals surface area contributed by atoms with Gasteiger partial charge in [0.25, 0.3) is 5.91 Å². The van der Waals surface area contributed by atoms with Crippen LogP contribution in [0.2, 0.25) is 0 Å². The standard InChI is InChI=1S/C17H18FNO2/c1-12-7-8-16(18)15(9-12)17(20)19(2)11-13-5-4-6-14(10-13)21-3/h4-10H,11H2,1-3H3.